The van der Waals surface area contributed by atoms with Crippen LogP contribution in [-0.4, -0.2) is 24.6 Å². The standard InChI is InChI=1S/C18H16F2N2O5/c1-26-15-8-12(14(22(24)25)9-16(15)27-18(19)20)17(23)21-13-7-6-10-4-2-3-5-11(10)13/h2-5,8-9,13,18H,6-7H2,1H3,(H,21,23). The first-order valence-corrected chi connectivity index (χ1v) is 8.10. The predicted octanol–water partition coefficient (Wildman–Crippen LogP) is 3.62. The van der Waals surface area contributed by atoms with Crippen LogP contribution < -0.4 is 14.8 Å². The van der Waals surface area contributed by atoms with Crippen LogP contribution >= 0.6 is 0 Å². The Bertz CT molecular complexity index is 888. The molecule has 27 heavy (non-hydrogen) atoms. The van der Waals surface area contributed by atoms with E-state index < -0.39 is 28.9 Å². The van der Waals surface area contributed by atoms with E-state index in [1.54, 1.807) is 0 Å². The second-order valence-electron chi connectivity index (χ2n) is 5.92. The van der Waals surface area contributed by atoms with Crippen LogP contribution in [0.5, 0.6) is 11.5 Å². The van der Waals surface area contributed by atoms with Crippen LogP contribution in [0.2, 0.25) is 0 Å². The van der Waals surface area contributed by atoms with Crippen molar-refractivity contribution in [3.63, 3.8) is 0 Å². The Hall–Kier alpha value is -3.23. The molecule has 7 nitrogen and oxygen atoms in total. The molecule has 0 fully saturated rings. The van der Waals surface area contributed by atoms with Gasteiger partial charge in [0, 0.05) is 6.07 Å². The zero-order valence-corrected chi connectivity index (χ0v) is 14.3. The number of nitro benzene ring substituents is 1. The lowest BCUT2D eigenvalue weighted by Crippen LogP contribution is -2.27. The molecular formula is C18H16F2N2O5. The molecule has 0 aromatic heterocycles. The van der Waals surface area contributed by atoms with E-state index in [2.05, 4.69) is 10.1 Å². The third kappa shape index (κ3) is 3.81. The van der Waals surface area contributed by atoms with Crippen LogP contribution in [0.4, 0.5) is 14.5 Å². The molecule has 0 saturated carbocycles. The minimum absolute atomic E-state index is 0.196. The van der Waals surface area contributed by atoms with E-state index in [-0.39, 0.29) is 17.4 Å². The first kappa shape index (κ1) is 18.6. The predicted molar refractivity (Wildman–Crippen MR) is 91.3 cm³/mol. The maximum atomic E-state index is 12.7. The van der Waals surface area contributed by atoms with Crippen molar-refractivity contribution in [2.45, 2.75) is 25.5 Å². The lowest BCUT2D eigenvalue weighted by molar-refractivity contribution is -0.385. The van der Waals surface area contributed by atoms with Crippen molar-refractivity contribution in [1.29, 1.82) is 0 Å². The van der Waals surface area contributed by atoms with E-state index in [1.165, 1.54) is 7.11 Å². The van der Waals surface area contributed by atoms with E-state index in [9.17, 15) is 23.7 Å². The summed E-state index contributed by atoms with van der Waals surface area (Å²) >= 11 is 0. The summed E-state index contributed by atoms with van der Waals surface area (Å²) in [6.45, 7) is -3.19. The van der Waals surface area contributed by atoms with Crippen molar-refractivity contribution >= 4 is 11.6 Å². The molecule has 0 spiro atoms. The van der Waals surface area contributed by atoms with Gasteiger partial charge in [0.15, 0.2) is 11.5 Å². The fraction of sp³-hybridized carbons (Fsp3) is 0.278. The highest BCUT2D eigenvalue weighted by atomic mass is 19.3. The van der Waals surface area contributed by atoms with Gasteiger partial charge in [-0.15, -0.1) is 0 Å². The summed E-state index contributed by atoms with van der Waals surface area (Å²) < 4.78 is 34.2. The number of carbonyl (C=O) groups excluding carboxylic acids is 1. The van der Waals surface area contributed by atoms with E-state index >= 15 is 0 Å². The van der Waals surface area contributed by atoms with E-state index in [1.807, 2.05) is 24.3 Å². The number of methoxy groups -OCH3 is 1. The monoisotopic (exact) mass is 378 g/mol. The van der Waals surface area contributed by atoms with Gasteiger partial charge in [-0.2, -0.15) is 8.78 Å². The first-order chi connectivity index (χ1) is 12.9. The van der Waals surface area contributed by atoms with Gasteiger partial charge in [0.25, 0.3) is 11.6 Å². The molecule has 1 aliphatic rings. The third-order valence-electron chi connectivity index (χ3n) is 4.38. The van der Waals surface area contributed by atoms with Gasteiger partial charge in [-0.25, -0.2) is 0 Å². The normalized spacial score (nSPS) is 15.3. The van der Waals surface area contributed by atoms with Gasteiger partial charge in [0.2, 0.25) is 0 Å². The average Bonchev–Trinajstić information content (AvgIpc) is 3.03. The molecule has 0 heterocycles. The molecule has 9 heteroatoms. The molecule has 142 valence electrons. The van der Waals surface area contributed by atoms with Crippen LogP contribution in [0.15, 0.2) is 36.4 Å². The Labute approximate surface area is 153 Å². The van der Waals surface area contributed by atoms with Gasteiger partial charge >= 0.3 is 6.61 Å². The van der Waals surface area contributed by atoms with E-state index in [0.717, 1.165) is 29.7 Å². The lowest BCUT2D eigenvalue weighted by atomic mass is 10.1. The summed E-state index contributed by atoms with van der Waals surface area (Å²) in [5.74, 6) is -1.40. The van der Waals surface area contributed by atoms with Crippen molar-refractivity contribution in [3.8, 4) is 11.5 Å². The molecule has 0 aliphatic heterocycles. The molecule has 0 radical (unpaired) electrons. The summed E-state index contributed by atoms with van der Waals surface area (Å²) in [4.78, 5) is 23.2. The number of hydrogen-bond acceptors (Lipinski definition) is 5. The number of benzene rings is 2. The fourth-order valence-electron chi connectivity index (χ4n) is 3.17. The van der Waals surface area contributed by atoms with Crippen molar-refractivity contribution in [2.24, 2.45) is 0 Å². The number of hydrogen-bond donors (Lipinski definition) is 1. The summed E-state index contributed by atoms with van der Waals surface area (Å²) in [7, 11) is 1.19. The van der Waals surface area contributed by atoms with Gasteiger partial charge in [-0.1, -0.05) is 24.3 Å². The van der Waals surface area contributed by atoms with Gasteiger partial charge in [-0.05, 0) is 24.0 Å². The number of halogens is 2. The quantitative estimate of drug-likeness (QED) is 0.612. The number of nitrogens with zero attached hydrogens (tertiary/aromatic N) is 1. The molecule has 2 aromatic rings. The molecular weight excluding hydrogens is 362 g/mol. The Morgan fingerprint density at radius 2 is 2.04 bits per heavy atom. The molecule has 1 atom stereocenters. The van der Waals surface area contributed by atoms with Crippen LogP contribution in [0.25, 0.3) is 0 Å². The van der Waals surface area contributed by atoms with E-state index in [4.69, 9.17) is 4.74 Å². The highest BCUT2D eigenvalue weighted by Gasteiger charge is 2.29. The Kier molecular flexibility index (Phi) is 5.20. The third-order valence-corrected chi connectivity index (χ3v) is 4.38. The van der Waals surface area contributed by atoms with Gasteiger partial charge in [0.1, 0.15) is 5.56 Å². The van der Waals surface area contributed by atoms with Crippen molar-refractivity contribution in [3.05, 3.63) is 63.2 Å². The summed E-state index contributed by atoms with van der Waals surface area (Å²) in [6, 6.07) is 9.13. The largest absolute Gasteiger partial charge is 0.493 e. The van der Waals surface area contributed by atoms with Crippen LogP contribution in [0, 0.1) is 10.1 Å². The first-order valence-electron chi connectivity index (χ1n) is 8.10. The van der Waals surface area contributed by atoms with Gasteiger partial charge in [0.05, 0.1) is 24.1 Å². The zero-order chi connectivity index (χ0) is 19.6. The number of amides is 1. The second kappa shape index (κ2) is 7.56. The van der Waals surface area contributed by atoms with Crippen LogP contribution in [0.1, 0.15) is 33.9 Å². The van der Waals surface area contributed by atoms with Crippen LogP contribution in [-0.2, 0) is 6.42 Å². The molecule has 1 unspecified atom stereocenters. The molecule has 1 aliphatic carbocycles. The number of carbonyl (C=O) groups is 1. The van der Waals surface area contributed by atoms with Crippen molar-refractivity contribution in [1.82, 2.24) is 5.32 Å². The van der Waals surface area contributed by atoms with Gasteiger partial charge < -0.3 is 14.8 Å². The summed E-state index contributed by atoms with van der Waals surface area (Å²) in [6.07, 6.45) is 1.45. The lowest BCUT2D eigenvalue weighted by Gasteiger charge is -2.16. The minimum Gasteiger partial charge on any atom is -0.493 e. The maximum absolute atomic E-state index is 12.7. The number of ether oxygens (including phenoxy) is 2. The SMILES string of the molecule is COc1cc(C(=O)NC2CCc3ccccc32)c([N+](=O)[O-])cc1OC(F)F. The molecule has 0 saturated heterocycles. The molecule has 0 bridgehead atoms. The maximum Gasteiger partial charge on any atom is 0.387 e. The second-order valence-corrected chi connectivity index (χ2v) is 5.92. The number of nitro groups is 1. The number of fused-ring (bicyclic) bond motifs is 1. The smallest absolute Gasteiger partial charge is 0.387 e. The minimum atomic E-state index is -3.19. The van der Waals surface area contributed by atoms with Crippen molar-refractivity contribution in [2.75, 3.05) is 7.11 Å². The molecule has 2 aromatic carbocycles. The molecule has 1 N–H and O–H groups in total. The van der Waals surface area contributed by atoms with Crippen LogP contribution in [0.3, 0.4) is 0 Å². The number of nitrogens with one attached hydrogen (secondary N) is 1. The highest BCUT2D eigenvalue weighted by molar-refractivity contribution is 5.99. The topological polar surface area (TPSA) is 90.7 Å². The molecule has 3 rings (SSSR count). The Morgan fingerprint density at radius 3 is 2.70 bits per heavy atom. The highest BCUT2D eigenvalue weighted by Crippen LogP contribution is 2.37. The number of rotatable bonds is 6. The van der Waals surface area contributed by atoms with Gasteiger partial charge in [-0.3, -0.25) is 14.9 Å². The van der Waals surface area contributed by atoms with E-state index in [0.29, 0.717) is 6.42 Å². The molecule has 1 amide bonds. The fourth-order valence-corrected chi connectivity index (χ4v) is 3.17. The number of alkyl halides is 2. The Morgan fingerprint density at radius 1 is 1.30 bits per heavy atom. The summed E-state index contributed by atoms with van der Waals surface area (Å²) in [5.41, 5.74) is 1.13. The average molecular weight is 378 g/mol. The summed E-state index contributed by atoms with van der Waals surface area (Å²) in [5, 5.41) is 14.1. The zero-order valence-electron chi connectivity index (χ0n) is 14.3. The number of aryl methyl sites for hydroxylation is 1. The Balaban J connectivity index is 1.93. The van der Waals surface area contributed by atoms with Crippen molar-refractivity contribution < 1.29 is 28.0 Å².